The molecule has 0 aliphatic carbocycles. The van der Waals surface area contributed by atoms with Gasteiger partial charge in [0.1, 0.15) is 17.4 Å². The van der Waals surface area contributed by atoms with Crippen LogP contribution in [-0.2, 0) is 0 Å². The zero-order valence-electron chi connectivity index (χ0n) is 13.2. The smallest absolute Gasteiger partial charge is 0.336 e. The molecule has 0 spiro atoms. The molecule has 0 N–H and O–H groups in total. The van der Waals surface area contributed by atoms with Crippen molar-refractivity contribution in [2.45, 2.75) is 50.8 Å². The zero-order chi connectivity index (χ0) is 15.1. The molecule has 2 aromatic rings. The average Bonchev–Trinajstić information content (AvgIpc) is 2.76. The Labute approximate surface area is 141 Å². The molecule has 4 nitrogen and oxygen atoms in total. The highest BCUT2D eigenvalue weighted by Gasteiger charge is 2.40. The number of fused-ring (bicyclic) bond motifs is 3. The van der Waals surface area contributed by atoms with Crippen LogP contribution in [0.1, 0.15) is 32.6 Å². The van der Waals surface area contributed by atoms with Gasteiger partial charge in [0.25, 0.3) is 0 Å². The summed E-state index contributed by atoms with van der Waals surface area (Å²) in [6.45, 7) is 3.39. The van der Waals surface area contributed by atoms with E-state index in [1.807, 2.05) is 18.2 Å². The van der Waals surface area contributed by atoms with E-state index >= 15 is 0 Å². The van der Waals surface area contributed by atoms with Gasteiger partial charge < -0.3 is 9.15 Å². The average molecular weight is 336 g/mol. The molecule has 2 aliphatic heterocycles. The molecule has 124 valence electrons. The third-order valence-corrected chi connectivity index (χ3v) is 5.10. The fourth-order valence-corrected chi connectivity index (χ4v) is 4.14. The fraction of sp³-hybridized carbons (Fsp3) is 0.500. The molecule has 0 amide bonds. The Kier molecular flexibility index (Phi) is 4.64. The van der Waals surface area contributed by atoms with Crippen LogP contribution < -0.4 is 10.4 Å². The third-order valence-electron chi connectivity index (χ3n) is 5.10. The molecule has 2 saturated heterocycles. The highest BCUT2D eigenvalue weighted by molar-refractivity contribution is 5.85. The van der Waals surface area contributed by atoms with E-state index < -0.39 is 0 Å². The summed E-state index contributed by atoms with van der Waals surface area (Å²) in [6.07, 6.45) is 5.06. The van der Waals surface area contributed by atoms with Crippen LogP contribution in [0.5, 0.6) is 5.75 Å². The lowest BCUT2D eigenvalue weighted by Gasteiger charge is -2.38. The van der Waals surface area contributed by atoms with Crippen LogP contribution in [0.4, 0.5) is 0 Å². The molecule has 0 saturated carbocycles. The quantitative estimate of drug-likeness (QED) is 0.804. The molecule has 2 atom stereocenters. The molecule has 5 heteroatoms. The molecule has 23 heavy (non-hydrogen) atoms. The van der Waals surface area contributed by atoms with Crippen molar-refractivity contribution < 1.29 is 9.15 Å². The maximum absolute atomic E-state index is 11.3. The van der Waals surface area contributed by atoms with Crippen molar-refractivity contribution in [3.05, 3.63) is 40.8 Å². The van der Waals surface area contributed by atoms with Crippen LogP contribution in [0, 0.1) is 0 Å². The predicted octanol–water partition coefficient (Wildman–Crippen LogP) is 3.61. The van der Waals surface area contributed by atoms with Gasteiger partial charge in [-0.25, -0.2) is 4.79 Å². The van der Waals surface area contributed by atoms with Crippen LogP contribution in [0.3, 0.4) is 0 Å². The Balaban J connectivity index is 0.00000156. The van der Waals surface area contributed by atoms with Gasteiger partial charge in [-0.1, -0.05) is 6.92 Å². The Hall–Kier alpha value is -1.52. The van der Waals surface area contributed by atoms with Crippen molar-refractivity contribution in [2.75, 3.05) is 6.54 Å². The van der Waals surface area contributed by atoms with Crippen LogP contribution in [0.15, 0.2) is 39.5 Å². The summed E-state index contributed by atoms with van der Waals surface area (Å²) >= 11 is 0. The van der Waals surface area contributed by atoms with Crippen molar-refractivity contribution in [1.29, 1.82) is 0 Å². The van der Waals surface area contributed by atoms with Crippen molar-refractivity contribution >= 4 is 23.4 Å². The molecular weight excluding hydrogens is 314 g/mol. The van der Waals surface area contributed by atoms with E-state index in [1.165, 1.54) is 18.9 Å². The van der Waals surface area contributed by atoms with Gasteiger partial charge in [0.05, 0.1) is 0 Å². The van der Waals surface area contributed by atoms with Crippen molar-refractivity contribution in [3.63, 3.8) is 0 Å². The van der Waals surface area contributed by atoms with Gasteiger partial charge >= 0.3 is 5.63 Å². The SMILES string of the molecule is CCN1C2CCC1CC(Oc1ccc3ccc(=O)oc3c1)C2.Cl. The minimum Gasteiger partial charge on any atom is -0.490 e. The predicted molar refractivity (Wildman–Crippen MR) is 92.6 cm³/mol. The molecule has 4 rings (SSSR count). The minimum atomic E-state index is -0.320. The van der Waals surface area contributed by atoms with E-state index in [0.717, 1.165) is 30.5 Å². The summed E-state index contributed by atoms with van der Waals surface area (Å²) in [6, 6.07) is 10.3. The number of hydrogen-bond donors (Lipinski definition) is 0. The van der Waals surface area contributed by atoms with Crippen LogP contribution in [-0.4, -0.2) is 29.6 Å². The minimum absolute atomic E-state index is 0. The number of rotatable bonds is 3. The van der Waals surface area contributed by atoms with Crippen molar-refractivity contribution in [1.82, 2.24) is 4.90 Å². The largest absolute Gasteiger partial charge is 0.490 e. The fourth-order valence-electron chi connectivity index (χ4n) is 4.14. The molecule has 2 bridgehead atoms. The first-order chi connectivity index (χ1) is 10.7. The molecule has 1 aromatic carbocycles. The lowest BCUT2D eigenvalue weighted by Crippen LogP contribution is -2.46. The monoisotopic (exact) mass is 335 g/mol. The number of nitrogens with zero attached hydrogens (tertiary/aromatic N) is 1. The lowest BCUT2D eigenvalue weighted by molar-refractivity contribution is 0.0530. The molecule has 0 radical (unpaired) electrons. The van der Waals surface area contributed by atoms with Crippen molar-refractivity contribution in [3.8, 4) is 5.75 Å². The van der Waals surface area contributed by atoms with Crippen molar-refractivity contribution in [2.24, 2.45) is 0 Å². The zero-order valence-corrected chi connectivity index (χ0v) is 14.1. The molecule has 2 fully saturated rings. The number of ether oxygens (including phenoxy) is 1. The number of benzene rings is 1. The summed E-state index contributed by atoms with van der Waals surface area (Å²) in [7, 11) is 0. The summed E-state index contributed by atoms with van der Waals surface area (Å²) in [5, 5.41) is 0.924. The molecular formula is C18H22ClNO3. The number of piperidine rings is 1. The summed E-state index contributed by atoms with van der Waals surface area (Å²) in [5.74, 6) is 0.802. The number of halogens is 1. The van der Waals surface area contributed by atoms with E-state index in [9.17, 15) is 4.79 Å². The normalized spacial score (nSPS) is 26.9. The van der Waals surface area contributed by atoms with E-state index in [4.69, 9.17) is 9.15 Å². The van der Waals surface area contributed by atoms with Gasteiger partial charge in [0, 0.05) is 29.6 Å². The molecule has 1 aromatic heterocycles. The Morgan fingerprint density at radius 1 is 1.17 bits per heavy atom. The van der Waals surface area contributed by atoms with Gasteiger partial charge in [-0.3, -0.25) is 4.90 Å². The molecule has 2 unspecified atom stereocenters. The lowest BCUT2D eigenvalue weighted by atomic mass is 10.00. The first kappa shape index (κ1) is 16.3. The Bertz CT molecular complexity index is 730. The first-order valence-corrected chi connectivity index (χ1v) is 8.19. The second-order valence-electron chi connectivity index (χ2n) is 6.38. The van der Waals surface area contributed by atoms with Gasteiger partial charge in [-0.2, -0.15) is 0 Å². The third kappa shape index (κ3) is 3.10. The summed E-state index contributed by atoms with van der Waals surface area (Å²) in [4.78, 5) is 14.0. The second-order valence-corrected chi connectivity index (χ2v) is 6.38. The second kappa shape index (κ2) is 6.54. The standard InChI is InChI=1S/C18H21NO3.ClH/c1-2-19-13-5-6-14(19)10-16(9-13)21-15-7-3-12-4-8-18(20)22-17(12)11-15;/h3-4,7-8,11,13-14,16H,2,5-6,9-10H2,1H3;1H. The van der Waals surface area contributed by atoms with Crippen LogP contribution in [0.25, 0.3) is 11.0 Å². The summed E-state index contributed by atoms with van der Waals surface area (Å²) < 4.78 is 11.4. The van der Waals surface area contributed by atoms with Gasteiger partial charge in [0.15, 0.2) is 0 Å². The van der Waals surface area contributed by atoms with Gasteiger partial charge in [-0.15, -0.1) is 12.4 Å². The Morgan fingerprint density at radius 2 is 1.87 bits per heavy atom. The van der Waals surface area contributed by atoms with E-state index in [2.05, 4.69) is 11.8 Å². The van der Waals surface area contributed by atoms with E-state index in [1.54, 1.807) is 6.07 Å². The highest BCUT2D eigenvalue weighted by Crippen LogP contribution is 2.37. The topological polar surface area (TPSA) is 42.7 Å². The number of hydrogen-bond acceptors (Lipinski definition) is 4. The van der Waals surface area contributed by atoms with Gasteiger partial charge in [-0.05, 0) is 50.4 Å². The molecule has 3 heterocycles. The van der Waals surface area contributed by atoms with E-state index in [-0.39, 0.29) is 24.1 Å². The van der Waals surface area contributed by atoms with Crippen LogP contribution >= 0.6 is 12.4 Å². The van der Waals surface area contributed by atoms with Crippen LogP contribution in [0.2, 0.25) is 0 Å². The maximum Gasteiger partial charge on any atom is 0.336 e. The first-order valence-electron chi connectivity index (χ1n) is 8.19. The Morgan fingerprint density at radius 3 is 2.57 bits per heavy atom. The molecule has 2 aliphatic rings. The van der Waals surface area contributed by atoms with E-state index in [0.29, 0.717) is 17.7 Å². The highest BCUT2D eigenvalue weighted by atomic mass is 35.5. The van der Waals surface area contributed by atoms with Gasteiger partial charge in [0.2, 0.25) is 0 Å². The maximum atomic E-state index is 11.3. The summed E-state index contributed by atoms with van der Waals surface area (Å²) in [5.41, 5.74) is 0.276.